The maximum absolute atomic E-state index is 12.4. The molecule has 0 aromatic heterocycles. The maximum Gasteiger partial charge on any atom is 0.573 e. The van der Waals surface area contributed by atoms with Crippen LogP contribution in [0.2, 0.25) is 0 Å². The molecule has 136 valence electrons. The van der Waals surface area contributed by atoms with Crippen LogP contribution in [0.1, 0.15) is 13.8 Å². The molecular weight excluding hydrogens is 359 g/mol. The first-order chi connectivity index (χ1) is 11.6. The van der Waals surface area contributed by atoms with E-state index in [0.29, 0.717) is 5.75 Å². The van der Waals surface area contributed by atoms with Crippen molar-refractivity contribution in [2.24, 2.45) is 0 Å². The smallest absolute Gasteiger partial charge is 0.491 e. The molecule has 0 amide bonds. The molecule has 9 heteroatoms. The normalized spacial score (nSPS) is 12.1. The molecule has 0 unspecified atom stereocenters. The van der Waals surface area contributed by atoms with Gasteiger partial charge in [-0.3, -0.25) is 4.72 Å². The number of rotatable bonds is 6. The highest BCUT2D eigenvalue weighted by molar-refractivity contribution is 7.92. The molecule has 0 saturated carbocycles. The van der Waals surface area contributed by atoms with Crippen molar-refractivity contribution >= 4 is 15.7 Å². The fourth-order valence-electron chi connectivity index (χ4n) is 1.97. The molecule has 0 fully saturated rings. The molecule has 2 aromatic carbocycles. The van der Waals surface area contributed by atoms with Crippen LogP contribution in [0.5, 0.6) is 11.5 Å². The van der Waals surface area contributed by atoms with Crippen LogP contribution in [0.25, 0.3) is 0 Å². The zero-order valence-electron chi connectivity index (χ0n) is 13.4. The van der Waals surface area contributed by atoms with E-state index in [2.05, 4.69) is 9.46 Å². The predicted molar refractivity (Wildman–Crippen MR) is 86.1 cm³/mol. The predicted octanol–water partition coefficient (Wildman–Crippen LogP) is 4.17. The third-order valence-corrected chi connectivity index (χ3v) is 4.26. The van der Waals surface area contributed by atoms with Crippen molar-refractivity contribution in [1.29, 1.82) is 0 Å². The van der Waals surface area contributed by atoms with Gasteiger partial charge in [-0.2, -0.15) is 0 Å². The molecule has 0 heterocycles. The number of hydrogen-bond donors (Lipinski definition) is 1. The lowest BCUT2D eigenvalue weighted by Crippen LogP contribution is -2.20. The molecule has 0 spiro atoms. The van der Waals surface area contributed by atoms with Crippen molar-refractivity contribution in [3.05, 3.63) is 48.5 Å². The molecule has 0 aliphatic carbocycles. The summed E-state index contributed by atoms with van der Waals surface area (Å²) in [5, 5.41) is 0. The number of ether oxygens (including phenoxy) is 2. The van der Waals surface area contributed by atoms with E-state index in [4.69, 9.17) is 4.74 Å². The van der Waals surface area contributed by atoms with Crippen LogP contribution in [0.4, 0.5) is 18.9 Å². The molecule has 0 atom stereocenters. The molecule has 25 heavy (non-hydrogen) atoms. The molecule has 0 aliphatic rings. The first-order valence-corrected chi connectivity index (χ1v) is 8.69. The highest BCUT2D eigenvalue weighted by Crippen LogP contribution is 2.30. The number of alkyl halides is 3. The summed E-state index contributed by atoms with van der Waals surface area (Å²) >= 11 is 0. The van der Waals surface area contributed by atoms with E-state index in [-0.39, 0.29) is 11.8 Å². The first kappa shape index (κ1) is 18.9. The Hall–Kier alpha value is -2.42. The Balaban J connectivity index is 2.25. The van der Waals surface area contributed by atoms with Crippen LogP contribution in [-0.2, 0) is 10.0 Å². The summed E-state index contributed by atoms with van der Waals surface area (Å²) in [5.74, 6) is -0.263. The summed E-state index contributed by atoms with van der Waals surface area (Å²) in [6.07, 6.45) is -5.05. The van der Waals surface area contributed by atoms with Crippen LogP contribution < -0.4 is 14.2 Å². The minimum Gasteiger partial charge on any atom is -0.491 e. The summed E-state index contributed by atoms with van der Waals surface area (Å²) in [6, 6.07) is 10.5. The number of benzene rings is 2. The van der Waals surface area contributed by atoms with Gasteiger partial charge in [-0.1, -0.05) is 12.1 Å². The fraction of sp³-hybridized carbons (Fsp3) is 0.250. The largest absolute Gasteiger partial charge is 0.573 e. The molecule has 0 saturated heterocycles. The molecule has 2 aromatic rings. The number of sulfonamides is 1. The van der Waals surface area contributed by atoms with E-state index in [1.54, 1.807) is 12.1 Å². The number of hydrogen-bond acceptors (Lipinski definition) is 4. The van der Waals surface area contributed by atoms with Crippen molar-refractivity contribution in [3.63, 3.8) is 0 Å². The van der Waals surface area contributed by atoms with Crippen molar-refractivity contribution in [3.8, 4) is 11.5 Å². The summed E-state index contributed by atoms with van der Waals surface area (Å²) in [4.78, 5) is -0.616. The van der Waals surface area contributed by atoms with Crippen molar-refractivity contribution in [1.82, 2.24) is 0 Å². The van der Waals surface area contributed by atoms with E-state index < -0.39 is 27.0 Å². The quantitative estimate of drug-likeness (QED) is 0.823. The molecule has 0 aliphatic heterocycles. The molecule has 0 radical (unpaired) electrons. The van der Waals surface area contributed by atoms with E-state index in [1.807, 2.05) is 13.8 Å². The van der Waals surface area contributed by atoms with Gasteiger partial charge in [-0.05, 0) is 50.2 Å². The Labute approximate surface area is 143 Å². The van der Waals surface area contributed by atoms with Gasteiger partial charge in [0.25, 0.3) is 10.0 Å². The standard InChI is InChI=1S/C16H16F3NO4S/c1-11(2)23-13-9-7-12(8-10-13)20-25(21,22)15-6-4-3-5-14(15)24-16(17,18)19/h3-11,20H,1-2H3. The Kier molecular flexibility index (Phi) is 5.46. The van der Waals surface area contributed by atoms with Gasteiger partial charge in [-0.15, -0.1) is 13.2 Å². The summed E-state index contributed by atoms with van der Waals surface area (Å²) in [6.45, 7) is 3.68. The van der Waals surface area contributed by atoms with Crippen LogP contribution in [0, 0.1) is 0 Å². The third-order valence-electron chi connectivity index (χ3n) is 2.84. The monoisotopic (exact) mass is 375 g/mol. The minimum absolute atomic E-state index is 0.0473. The van der Waals surface area contributed by atoms with Crippen LogP contribution in [0.3, 0.4) is 0 Å². The lowest BCUT2D eigenvalue weighted by Gasteiger charge is -2.15. The molecule has 2 rings (SSSR count). The van der Waals surface area contributed by atoms with E-state index in [9.17, 15) is 21.6 Å². The topological polar surface area (TPSA) is 64.6 Å². The highest BCUT2D eigenvalue weighted by Gasteiger charge is 2.34. The number of halogens is 3. The average Bonchev–Trinajstić information content (AvgIpc) is 2.47. The molecular formula is C16H16F3NO4S. The van der Waals surface area contributed by atoms with Gasteiger partial charge < -0.3 is 9.47 Å². The van der Waals surface area contributed by atoms with Gasteiger partial charge in [0.15, 0.2) is 0 Å². The minimum atomic E-state index is -5.00. The van der Waals surface area contributed by atoms with Crippen LogP contribution in [-0.4, -0.2) is 20.9 Å². The van der Waals surface area contributed by atoms with E-state index in [0.717, 1.165) is 12.1 Å². The third kappa shape index (κ3) is 5.56. The second kappa shape index (κ2) is 7.22. The van der Waals surface area contributed by atoms with Crippen molar-refractivity contribution < 1.29 is 31.1 Å². The van der Waals surface area contributed by atoms with Crippen molar-refractivity contribution in [2.75, 3.05) is 4.72 Å². The zero-order chi connectivity index (χ0) is 18.7. The van der Waals surface area contributed by atoms with E-state index >= 15 is 0 Å². The van der Waals surface area contributed by atoms with Gasteiger partial charge in [0.1, 0.15) is 16.4 Å². The van der Waals surface area contributed by atoms with Gasteiger partial charge in [-0.25, -0.2) is 8.42 Å². The second-order valence-corrected chi connectivity index (χ2v) is 6.94. The maximum atomic E-state index is 12.4. The average molecular weight is 375 g/mol. The van der Waals surface area contributed by atoms with Crippen molar-refractivity contribution in [2.45, 2.75) is 31.2 Å². The first-order valence-electron chi connectivity index (χ1n) is 7.21. The number of anilines is 1. The van der Waals surface area contributed by atoms with Gasteiger partial charge in [0, 0.05) is 5.69 Å². The summed E-state index contributed by atoms with van der Waals surface area (Å²) in [5.41, 5.74) is 0.179. The van der Waals surface area contributed by atoms with Gasteiger partial charge in [0.2, 0.25) is 0 Å². The lowest BCUT2D eigenvalue weighted by atomic mass is 10.3. The van der Waals surface area contributed by atoms with Gasteiger partial charge >= 0.3 is 6.36 Å². The zero-order valence-corrected chi connectivity index (χ0v) is 14.2. The molecule has 0 bridgehead atoms. The Morgan fingerprint density at radius 3 is 2.16 bits per heavy atom. The number of nitrogens with one attached hydrogen (secondary N) is 1. The molecule has 5 nitrogen and oxygen atoms in total. The van der Waals surface area contributed by atoms with Crippen LogP contribution >= 0.6 is 0 Å². The lowest BCUT2D eigenvalue weighted by molar-refractivity contribution is -0.275. The highest BCUT2D eigenvalue weighted by atomic mass is 32.2. The van der Waals surface area contributed by atoms with Gasteiger partial charge in [0.05, 0.1) is 6.10 Å². The Morgan fingerprint density at radius 1 is 1.00 bits per heavy atom. The SMILES string of the molecule is CC(C)Oc1ccc(NS(=O)(=O)c2ccccc2OC(F)(F)F)cc1. The number of para-hydroxylation sites is 1. The second-order valence-electron chi connectivity index (χ2n) is 5.29. The summed E-state index contributed by atoms with van der Waals surface area (Å²) in [7, 11) is -4.27. The summed E-state index contributed by atoms with van der Waals surface area (Å²) < 4.78 is 73.5. The van der Waals surface area contributed by atoms with Crippen LogP contribution in [0.15, 0.2) is 53.4 Å². The molecule has 1 N–H and O–H groups in total. The fourth-order valence-corrected chi connectivity index (χ4v) is 3.15. The van der Waals surface area contributed by atoms with E-state index in [1.165, 1.54) is 24.3 Å². The Morgan fingerprint density at radius 2 is 1.60 bits per heavy atom. The Bertz CT molecular complexity index is 818.